The molecule has 1 N–H and O–H groups in total. The van der Waals surface area contributed by atoms with Gasteiger partial charge in [0.25, 0.3) is 0 Å². The summed E-state index contributed by atoms with van der Waals surface area (Å²) in [6, 6.07) is 7.60. The van der Waals surface area contributed by atoms with Crippen molar-refractivity contribution in [3.05, 3.63) is 35.5 Å². The molecule has 1 heterocycles. The number of rotatable bonds is 3. The van der Waals surface area contributed by atoms with E-state index in [0.29, 0.717) is 11.6 Å². The zero-order chi connectivity index (χ0) is 11.7. The van der Waals surface area contributed by atoms with Crippen LogP contribution in [0.1, 0.15) is 6.92 Å². The summed E-state index contributed by atoms with van der Waals surface area (Å²) in [5.74, 6) is -1.22. The molecule has 0 radical (unpaired) electrons. The molecule has 0 aliphatic rings. The van der Waals surface area contributed by atoms with Crippen LogP contribution in [0.15, 0.2) is 30.5 Å². The molecule has 0 spiro atoms. The van der Waals surface area contributed by atoms with Gasteiger partial charge >= 0.3 is 5.97 Å². The molecule has 0 aliphatic heterocycles. The lowest BCUT2D eigenvalue weighted by Gasteiger charge is -2.09. The molecule has 4 heteroatoms. The molecule has 3 nitrogen and oxygen atoms in total. The Bertz CT molecular complexity index is 533. The first-order valence-corrected chi connectivity index (χ1v) is 5.43. The second-order valence-electron chi connectivity index (χ2n) is 3.89. The second-order valence-corrected chi connectivity index (χ2v) is 4.29. The Morgan fingerprint density at radius 3 is 2.94 bits per heavy atom. The smallest absolute Gasteiger partial charge is 0.308 e. The zero-order valence-corrected chi connectivity index (χ0v) is 9.61. The van der Waals surface area contributed by atoms with Gasteiger partial charge in [0.2, 0.25) is 0 Å². The number of aliphatic carboxylic acids is 1. The first-order chi connectivity index (χ1) is 7.59. The second kappa shape index (κ2) is 4.18. The van der Waals surface area contributed by atoms with Crippen LogP contribution in [-0.4, -0.2) is 15.6 Å². The summed E-state index contributed by atoms with van der Waals surface area (Å²) in [5, 5.41) is 10.6. The fraction of sp³-hybridized carbons (Fsp3) is 0.250. The SMILES string of the molecule is CC(Cn1ccc2cccc(Cl)c21)C(=O)O. The van der Waals surface area contributed by atoms with Crippen LogP contribution in [0.3, 0.4) is 0 Å². The molecule has 0 saturated carbocycles. The fourth-order valence-electron chi connectivity index (χ4n) is 1.74. The molecule has 2 aromatic rings. The van der Waals surface area contributed by atoms with Crippen molar-refractivity contribution < 1.29 is 9.90 Å². The van der Waals surface area contributed by atoms with Gasteiger partial charge in [0.1, 0.15) is 0 Å². The van der Waals surface area contributed by atoms with Crippen LogP contribution in [0.2, 0.25) is 5.02 Å². The predicted molar refractivity (Wildman–Crippen MR) is 63.7 cm³/mol. The number of halogens is 1. The molecular weight excluding hydrogens is 226 g/mol. The number of hydrogen-bond donors (Lipinski definition) is 1. The third kappa shape index (κ3) is 1.91. The minimum atomic E-state index is -0.797. The normalized spacial score (nSPS) is 12.9. The highest BCUT2D eigenvalue weighted by atomic mass is 35.5. The molecule has 0 saturated heterocycles. The van der Waals surface area contributed by atoms with E-state index in [1.54, 1.807) is 6.92 Å². The van der Waals surface area contributed by atoms with Crippen molar-refractivity contribution in [3.8, 4) is 0 Å². The van der Waals surface area contributed by atoms with E-state index < -0.39 is 11.9 Å². The van der Waals surface area contributed by atoms with Crippen molar-refractivity contribution in [1.82, 2.24) is 4.57 Å². The van der Waals surface area contributed by atoms with Gasteiger partial charge in [0, 0.05) is 18.1 Å². The van der Waals surface area contributed by atoms with Crippen LogP contribution in [0.5, 0.6) is 0 Å². The molecule has 84 valence electrons. The first-order valence-electron chi connectivity index (χ1n) is 5.06. The van der Waals surface area contributed by atoms with Gasteiger partial charge in [-0.15, -0.1) is 0 Å². The van der Waals surface area contributed by atoms with Crippen LogP contribution in [0.25, 0.3) is 10.9 Å². The fourth-order valence-corrected chi connectivity index (χ4v) is 2.03. The minimum absolute atomic E-state index is 0.424. The number of carboxylic acid groups (broad SMARTS) is 1. The molecule has 0 bridgehead atoms. The zero-order valence-electron chi connectivity index (χ0n) is 8.85. The average molecular weight is 238 g/mol. The van der Waals surface area contributed by atoms with E-state index >= 15 is 0 Å². The Morgan fingerprint density at radius 2 is 2.25 bits per heavy atom. The number of benzene rings is 1. The van der Waals surface area contributed by atoms with E-state index in [0.717, 1.165) is 10.9 Å². The van der Waals surface area contributed by atoms with Gasteiger partial charge in [-0.1, -0.05) is 30.7 Å². The number of carbonyl (C=O) groups is 1. The highest BCUT2D eigenvalue weighted by molar-refractivity contribution is 6.35. The Kier molecular flexibility index (Phi) is 2.88. The van der Waals surface area contributed by atoms with Crippen LogP contribution in [0, 0.1) is 5.92 Å². The Balaban J connectivity index is 2.42. The molecule has 2 rings (SSSR count). The molecule has 0 aliphatic carbocycles. The van der Waals surface area contributed by atoms with E-state index in [9.17, 15) is 4.79 Å². The van der Waals surface area contributed by atoms with Gasteiger partial charge in [-0.25, -0.2) is 0 Å². The molecule has 1 unspecified atom stereocenters. The maximum absolute atomic E-state index is 10.8. The van der Waals surface area contributed by atoms with E-state index in [1.807, 2.05) is 35.0 Å². The largest absolute Gasteiger partial charge is 0.481 e. The van der Waals surface area contributed by atoms with Gasteiger partial charge < -0.3 is 9.67 Å². The van der Waals surface area contributed by atoms with E-state index in [1.165, 1.54) is 0 Å². The van der Waals surface area contributed by atoms with Gasteiger partial charge in [-0.2, -0.15) is 0 Å². The summed E-state index contributed by atoms with van der Waals surface area (Å²) in [7, 11) is 0. The summed E-state index contributed by atoms with van der Waals surface area (Å²) in [4.78, 5) is 10.8. The number of nitrogens with zero attached hydrogens (tertiary/aromatic N) is 1. The van der Waals surface area contributed by atoms with Crippen molar-refractivity contribution in [3.63, 3.8) is 0 Å². The Hall–Kier alpha value is -1.48. The highest BCUT2D eigenvalue weighted by Gasteiger charge is 2.13. The third-order valence-electron chi connectivity index (χ3n) is 2.63. The average Bonchev–Trinajstić information content (AvgIpc) is 2.63. The first kappa shape index (κ1) is 11.0. The summed E-state index contributed by atoms with van der Waals surface area (Å²) in [5.41, 5.74) is 0.900. The lowest BCUT2D eigenvalue weighted by molar-refractivity contribution is -0.141. The molecule has 1 atom stereocenters. The van der Waals surface area contributed by atoms with Crippen molar-refractivity contribution >= 4 is 28.5 Å². The maximum atomic E-state index is 10.8. The number of carboxylic acids is 1. The van der Waals surface area contributed by atoms with Crippen molar-refractivity contribution in [2.24, 2.45) is 5.92 Å². The quantitative estimate of drug-likeness (QED) is 0.892. The molecule has 0 amide bonds. The maximum Gasteiger partial charge on any atom is 0.308 e. The van der Waals surface area contributed by atoms with E-state index in [4.69, 9.17) is 16.7 Å². The van der Waals surface area contributed by atoms with E-state index in [-0.39, 0.29) is 0 Å². The summed E-state index contributed by atoms with van der Waals surface area (Å²) in [6.45, 7) is 2.12. The third-order valence-corrected chi connectivity index (χ3v) is 2.94. The lowest BCUT2D eigenvalue weighted by Crippen LogP contribution is -2.16. The Morgan fingerprint density at radius 1 is 1.50 bits per heavy atom. The number of aromatic nitrogens is 1. The van der Waals surface area contributed by atoms with Crippen LogP contribution in [0.4, 0.5) is 0 Å². The molecular formula is C12H12ClNO2. The topological polar surface area (TPSA) is 42.2 Å². The summed E-state index contributed by atoms with van der Waals surface area (Å²) in [6.07, 6.45) is 1.87. The molecule has 16 heavy (non-hydrogen) atoms. The van der Waals surface area contributed by atoms with Crippen LogP contribution in [-0.2, 0) is 11.3 Å². The standard InChI is InChI=1S/C12H12ClNO2/c1-8(12(15)16)7-14-6-5-9-3-2-4-10(13)11(9)14/h2-6,8H,7H2,1H3,(H,15,16). The van der Waals surface area contributed by atoms with Gasteiger partial charge in [-0.3, -0.25) is 4.79 Å². The number of fused-ring (bicyclic) bond motifs is 1. The van der Waals surface area contributed by atoms with Gasteiger partial charge in [0.05, 0.1) is 16.5 Å². The van der Waals surface area contributed by atoms with Crippen LogP contribution < -0.4 is 0 Å². The monoisotopic (exact) mass is 237 g/mol. The van der Waals surface area contributed by atoms with Crippen molar-refractivity contribution in [2.75, 3.05) is 0 Å². The number of hydrogen-bond acceptors (Lipinski definition) is 1. The number of para-hydroxylation sites is 1. The molecule has 0 fully saturated rings. The Labute approximate surface area is 98.3 Å². The molecule has 1 aromatic heterocycles. The summed E-state index contributed by atoms with van der Waals surface area (Å²) >= 11 is 6.10. The highest BCUT2D eigenvalue weighted by Crippen LogP contribution is 2.25. The van der Waals surface area contributed by atoms with Gasteiger partial charge in [0.15, 0.2) is 0 Å². The van der Waals surface area contributed by atoms with Crippen molar-refractivity contribution in [1.29, 1.82) is 0 Å². The minimum Gasteiger partial charge on any atom is -0.481 e. The molecule has 1 aromatic carbocycles. The lowest BCUT2D eigenvalue weighted by atomic mass is 10.2. The predicted octanol–water partition coefficient (Wildman–Crippen LogP) is 3.02. The van der Waals surface area contributed by atoms with Crippen molar-refractivity contribution in [2.45, 2.75) is 13.5 Å². The summed E-state index contributed by atoms with van der Waals surface area (Å²) < 4.78 is 1.89. The van der Waals surface area contributed by atoms with Gasteiger partial charge in [-0.05, 0) is 12.1 Å². The van der Waals surface area contributed by atoms with Crippen LogP contribution >= 0.6 is 11.6 Å². The van der Waals surface area contributed by atoms with E-state index in [2.05, 4.69) is 0 Å².